The molecule has 0 saturated heterocycles. The van der Waals surface area contributed by atoms with Crippen LogP contribution >= 0.6 is 0 Å². The highest BCUT2D eigenvalue weighted by molar-refractivity contribution is 5.98. The molecule has 27 heavy (non-hydrogen) atoms. The van der Waals surface area contributed by atoms with Crippen LogP contribution in [0.4, 0.5) is 0 Å². The summed E-state index contributed by atoms with van der Waals surface area (Å²) in [4.78, 5) is 41.8. The van der Waals surface area contributed by atoms with Crippen molar-refractivity contribution < 1.29 is 9.59 Å². The Morgan fingerprint density at radius 2 is 1.74 bits per heavy atom. The van der Waals surface area contributed by atoms with Crippen LogP contribution in [0.25, 0.3) is 10.9 Å². The lowest BCUT2D eigenvalue weighted by Gasteiger charge is -2.30. The van der Waals surface area contributed by atoms with Crippen LogP contribution in [0.5, 0.6) is 0 Å². The number of carbonyl (C=O) groups excluding carboxylic acids is 2. The fraction of sp³-hybridized carbons (Fsp3) is 0.450. The maximum Gasteiger partial charge on any atom is 0.257 e. The smallest absolute Gasteiger partial charge is 0.257 e. The van der Waals surface area contributed by atoms with Gasteiger partial charge in [-0.2, -0.15) is 0 Å². The standard InChI is InChI=1S/C20H28N4O3/c1-13(2)24(14(3)4)10-9-21-18(25)12-23-20(27)16-11-22-17-8-6-5-7-15(17)19(16)26/h5-8,11,13-14H,9-10,12H2,1-4H3,(H,21,25)(H,22,26)(H,23,27). The maximum atomic E-state index is 12.4. The van der Waals surface area contributed by atoms with Crippen LogP contribution in [0.1, 0.15) is 38.1 Å². The number of fused-ring (bicyclic) bond motifs is 1. The molecule has 7 heteroatoms. The number of rotatable bonds is 8. The number of amides is 2. The van der Waals surface area contributed by atoms with Crippen LogP contribution in [-0.4, -0.2) is 53.4 Å². The van der Waals surface area contributed by atoms with Gasteiger partial charge in [-0.1, -0.05) is 12.1 Å². The van der Waals surface area contributed by atoms with E-state index in [0.717, 1.165) is 6.54 Å². The summed E-state index contributed by atoms with van der Waals surface area (Å²) in [5, 5.41) is 5.74. The highest BCUT2D eigenvalue weighted by atomic mass is 16.2. The summed E-state index contributed by atoms with van der Waals surface area (Å²) in [6.07, 6.45) is 1.38. The minimum absolute atomic E-state index is 0.00714. The minimum atomic E-state index is -0.567. The molecule has 0 atom stereocenters. The number of aromatic nitrogens is 1. The molecule has 0 aliphatic rings. The number of hydrogen-bond acceptors (Lipinski definition) is 4. The number of nitrogens with zero attached hydrogens (tertiary/aromatic N) is 1. The summed E-state index contributed by atoms with van der Waals surface area (Å²) in [5.74, 6) is -0.851. The van der Waals surface area contributed by atoms with Crippen molar-refractivity contribution >= 4 is 22.7 Å². The molecule has 2 aromatic rings. The Morgan fingerprint density at radius 1 is 1.07 bits per heavy atom. The second-order valence-corrected chi connectivity index (χ2v) is 7.04. The number of pyridine rings is 1. The second kappa shape index (κ2) is 9.32. The van der Waals surface area contributed by atoms with Gasteiger partial charge in [-0.3, -0.25) is 19.3 Å². The van der Waals surface area contributed by atoms with Gasteiger partial charge in [-0.05, 0) is 39.8 Å². The third-order valence-electron chi connectivity index (χ3n) is 4.46. The Balaban J connectivity index is 1.87. The van der Waals surface area contributed by atoms with Gasteiger partial charge in [0.2, 0.25) is 11.3 Å². The van der Waals surface area contributed by atoms with Gasteiger partial charge in [-0.15, -0.1) is 0 Å². The third-order valence-corrected chi connectivity index (χ3v) is 4.46. The van der Waals surface area contributed by atoms with Crippen molar-refractivity contribution in [1.29, 1.82) is 0 Å². The Hall–Kier alpha value is -2.67. The van der Waals surface area contributed by atoms with Crippen LogP contribution < -0.4 is 16.1 Å². The van der Waals surface area contributed by atoms with E-state index in [1.54, 1.807) is 18.2 Å². The molecule has 1 aromatic heterocycles. The van der Waals surface area contributed by atoms with Crippen molar-refractivity contribution in [3.05, 3.63) is 46.2 Å². The molecular formula is C20H28N4O3. The van der Waals surface area contributed by atoms with Gasteiger partial charge in [0, 0.05) is 42.3 Å². The summed E-state index contributed by atoms with van der Waals surface area (Å²) in [6, 6.07) is 7.75. The average molecular weight is 372 g/mol. The zero-order valence-electron chi connectivity index (χ0n) is 16.3. The molecule has 0 unspecified atom stereocenters. The second-order valence-electron chi connectivity index (χ2n) is 7.04. The van der Waals surface area contributed by atoms with E-state index in [1.807, 2.05) is 6.07 Å². The molecule has 2 amide bonds. The van der Waals surface area contributed by atoms with Crippen molar-refractivity contribution in [3.63, 3.8) is 0 Å². The lowest BCUT2D eigenvalue weighted by atomic mass is 10.1. The number of aromatic amines is 1. The molecule has 2 rings (SSSR count). The molecule has 1 heterocycles. The predicted molar refractivity (Wildman–Crippen MR) is 107 cm³/mol. The molecule has 3 N–H and O–H groups in total. The number of benzene rings is 1. The summed E-state index contributed by atoms with van der Waals surface area (Å²) in [6.45, 7) is 9.52. The summed E-state index contributed by atoms with van der Waals surface area (Å²) in [5.41, 5.74) is 0.302. The van der Waals surface area contributed by atoms with Crippen molar-refractivity contribution in [2.24, 2.45) is 0 Å². The molecule has 0 radical (unpaired) electrons. The molecule has 0 aliphatic carbocycles. The van der Waals surface area contributed by atoms with Gasteiger partial charge in [-0.25, -0.2) is 0 Å². The molecule has 0 aliphatic heterocycles. The van der Waals surface area contributed by atoms with E-state index >= 15 is 0 Å². The van der Waals surface area contributed by atoms with Crippen molar-refractivity contribution in [2.75, 3.05) is 19.6 Å². The molecule has 7 nitrogen and oxygen atoms in total. The van der Waals surface area contributed by atoms with E-state index in [4.69, 9.17) is 0 Å². The largest absolute Gasteiger partial charge is 0.360 e. The lowest BCUT2D eigenvalue weighted by Crippen LogP contribution is -2.44. The van der Waals surface area contributed by atoms with Crippen LogP contribution in [-0.2, 0) is 4.79 Å². The number of carbonyl (C=O) groups is 2. The van der Waals surface area contributed by atoms with Crippen LogP contribution in [0.3, 0.4) is 0 Å². The van der Waals surface area contributed by atoms with E-state index in [0.29, 0.717) is 29.5 Å². The van der Waals surface area contributed by atoms with Gasteiger partial charge in [0.05, 0.1) is 6.54 Å². The molecule has 0 bridgehead atoms. The quantitative estimate of drug-likeness (QED) is 0.654. The highest BCUT2D eigenvalue weighted by Gasteiger charge is 2.15. The molecule has 0 spiro atoms. The van der Waals surface area contributed by atoms with Crippen molar-refractivity contribution in [2.45, 2.75) is 39.8 Å². The SMILES string of the molecule is CC(C)N(CCNC(=O)CNC(=O)c1c[nH]c2ccccc2c1=O)C(C)C. The first-order valence-electron chi connectivity index (χ1n) is 9.22. The maximum absolute atomic E-state index is 12.4. The topological polar surface area (TPSA) is 94.3 Å². The first-order valence-corrected chi connectivity index (χ1v) is 9.22. The first kappa shape index (κ1) is 20.6. The highest BCUT2D eigenvalue weighted by Crippen LogP contribution is 2.07. The number of nitrogens with one attached hydrogen (secondary N) is 3. The predicted octanol–water partition coefficient (Wildman–Crippen LogP) is 1.49. The lowest BCUT2D eigenvalue weighted by molar-refractivity contribution is -0.120. The molecule has 1 aromatic carbocycles. The van der Waals surface area contributed by atoms with Gasteiger partial charge in [0.1, 0.15) is 5.56 Å². The fourth-order valence-corrected chi connectivity index (χ4v) is 3.09. The summed E-state index contributed by atoms with van der Waals surface area (Å²) in [7, 11) is 0. The van der Waals surface area contributed by atoms with E-state index in [1.165, 1.54) is 6.20 Å². The van der Waals surface area contributed by atoms with E-state index in [2.05, 4.69) is 48.2 Å². The molecule has 0 saturated carbocycles. The number of hydrogen-bond donors (Lipinski definition) is 3. The van der Waals surface area contributed by atoms with Crippen molar-refractivity contribution in [3.8, 4) is 0 Å². The van der Waals surface area contributed by atoms with Crippen LogP contribution in [0.2, 0.25) is 0 Å². The zero-order valence-corrected chi connectivity index (χ0v) is 16.3. The Bertz CT molecular complexity index is 850. The molecule has 0 fully saturated rings. The van der Waals surface area contributed by atoms with E-state index in [-0.39, 0.29) is 23.4 Å². The Morgan fingerprint density at radius 3 is 2.41 bits per heavy atom. The van der Waals surface area contributed by atoms with Crippen LogP contribution in [0, 0.1) is 0 Å². The van der Waals surface area contributed by atoms with Gasteiger partial charge in [0.25, 0.3) is 5.91 Å². The Labute approximate surface area is 159 Å². The van der Waals surface area contributed by atoms with Gasteiger partial charge >= 0.3 is 0 Å². The van der Waals surface area contributed by atoms with E-state index in [9.17, 15) is 14.4 Å². The molecule has 146 valence electrons. The number of para-hydroxylation sites is 1. The van der Waals surface area contributed by atoms with Gasteiger partial charge < -0.3 is 15.6 Å². The van der Waals surface area contributed by atoms with Gasteiger partial charge in [0.15, 0.2) is 0 Å². The number of H-pyrrole nitrogens is 1. The average Bonchev–Trinajstić information content (AvgIpc) is 2.63. The monoisotopic (exact) mass is 372 g/mol. The van der Waals surface area contributed by atoms with Crippen LogP contribution in [0.15, 0.2) is 35.3 Å². The first-order chi connectivity index (χ1) is 12.8. The minimum Gasteiger partial charge on any atom is -0.360 e. The van der Waals surface area contributed by atoms with E-state index < -0.39 is 5.91 Å². The summed E-state index contributed by atoms with van der Waals surface area (Å²) < 4.78 is 0. The summed E-state index contributed by atoms with van der Waals surface area (Å²) >= 11 is 0. The third kappa shape index (κ3) is 5.40. The van der Waals surface area contributed by atoms with Crippen molar-refractivity contribution in [1.82, 2.24) is 20.5 Å². The zero-order chi connectivity index (χ0) is 20.0. The normalized spacial score (nSPS) is 11.4. The fourth-order valence-electron chi connectivity index (χ4n) is 3.09. The molecular weight excluding hydrogens is 344 g/mol. The Kier molecular flexibility index (Phi) is 7.12.